The molecule has 3 aliphatic heterocycles. The number of rotatable bonds is 18. The van der Waals surface area contributed by atoms with E-state index in [1.54, 1.807) is 48.7 Å². The summed E-state index contributed by atoms with van der Waals surface area (Å²) >= 11 is 3.20. The Hall–Kier alpha value is -8.93. The molecule has 14 aromatic rings. The number of allylic oxidation sites excluding steroid dienone is 2. The molecule has 0 saturated carbocycles. The Labute approximate surface area is 789 Å². The molecule has 19 rings (SSSR count). The molecule has 0 amide bonds. The van der Waals surface area contributed by atoms with E-state index >= 15 is 0 Å². The van der Waals surface area contributed by atoms with Crippen LogP contribution in [0.3, 0.4) is 0 Å². The molecular formula is C99H108BBrCl2F4N10O8P2PdS2. The van der Waals surface area contributed by atoms with Gasteiger partial charge in [-0.2, -0.15) is 27.8 Å². The smallest absolute Gasteiger partial charge is 0.0134 e. The van der Waals surface area contributed by atoms with Crippen molar-refractivity contribution >= 4 is 137 Å². The van der Waals surface area contributed by atoms with Gasteiger partial charge < -0.3 is 18.8 Å². The molecule has 18 nitrogen and oxygen atoms in total. The number of ether oxygens (including phenoxy) is 2. The molecular weight excluding hydrogens is 1930 g/mol. The Balaban J connectivity index is 0.000000159. The summed E-state index contributed by atoms with van der Waals surface area (Å²) in [7, 11) is 0.701. The topological polar surface area (TPSA) is 183 Å². The van der Waals surface area contributed by atoms with Gasteiger partial charge in [-0.05, 0) is 183 Å². The maximum Gasteiger partial charge on any atom is -0.0134 e. The summed E-state index contributed by atoms with van der Waals surface area (Å²) in [6.45, 7) is 10.2. The summed E-state index contributed by atoms with van der Waals surface area (Å²) in [6, 6.07) is 85.4. The molecule has 9 heterocycles. The number of aromatic nitrogens is 8. The van der Waals surface area contributed by atoms with E-state index in [1.807, 2.05) is 6.07 Å². The molecule has 130 heavy (non-hydrogen) atoms. The van der Waals surface area contributed by atoms with E-state index in [1.165, 1.54) is 111 Å². The van der Waals surface area contributed by atoms with Crippen LogP contribution in [0.1, 0.15) is 107 Å². The molecule has 5 aliphatic rings. The van der Waals surface area contributed by atoms with Gasteiger partial charge in [-0.25, -0.2) is 44.1 Å². The normalized spacial score (nSPS) is 16.7. The molecule has 0 spiro atoms. The minimum absolute atomic E-state index is 0. The average molecular weight is 2040 g/mol. The molecule has 31 heteroatoms. The Bertz CT molecular complexity index is 5890. The van der Waals surface area contributed by atoms with Crippen molar-refractivity contribution in [3.05, 3.63) is 332 Å². The molecule has 6 aromatic heterocycles. The minimum atomic E-state index is -3.97. The Morgan fingerprint density at radius 2 is 0.769 bits per heavy atom. The van der Waals surface area contributed by atoms with Crippen molar-refractivity contribution in [1.29, 1.82) is 0 Å². The van der Waals surface area contributed by atoms with Crippen LogP contribution in [0.5, 0.6) is 0 Å². The van der Waals surface area contributed by atoms with Crippen molar-refractivity contribution in [2.24, 2.45) is 0 Å². The second-order valence-corrected chi connectivity index (χ2v) is 42.7. The van der Waals surface area contributed by atoms with E-state index in [-0.39, 0.29) is 77.6 Å². The van der Waals surface area contributed by atoms with Crippen LogP contribution >= 0.6 is 50.8 Å². The van der Waals surface area contributed by atoms with Crippen molar-refractivity contribution < 1.29 is 69.1 Å². The summed E-state index contributed by atoms with van der Waals surface area (Å²) in [5.41, 5.74) is 5.00. The van der Waals surface area contributed by atoms with E-state index in [9.17, 15) is 34.4 Å². The zero-order chi connectivity index (χ0) is 89.1. The first-order valence-electron chi connectivity index (χ1n) is 41.5. The van der Waals surface area contributed by atoms with Crippen molar-refractivity contribution in [2.45, 2.75) is 135 Å². The van der Waals surface area contributed by atoms with Crippen LogP contribution in [-0.2, 0) is 54.8 Å². The number of halogens is 7. The third kappa shape index (κ3) is 24.9. The molecule has 0 bridgehead atoms. The van der Waals surface area contributed by atoms with Gasteiger partial charge in [0.25, 0.3) is 20.0 Å². The molecule has 2 atom stereocenters. The summed E-state index contributed by atoms with van der Waals surface area (Å²) in [5, 5.41) is 16.8. The molecule has 3 saturated heterocycles. The fourth-order valence-corrected chi connectivity index (χ4v) is 23.4. The zero-order valence-corrected chi connectivity index (χ0v) is 78.3. The predicted molar refractivity (Wildman–Crippen MR) is 525 cm³/mol. The first-order chi connectivity index (χ1) is 61.5. The van der Waals surface area contributed by atoms with Gasteiger partial charge in [0.05, 0.1) is 59.8 Å². The largest absolute Gasteiger partial charge is 0.0622 e. The van der Waals surface area contributed by atoms with Crippen LogP contribution in [0.2, 0.25) is 0 Å². The van der Waals surface area contributed by atoms with E-state index in [0.29, 0.717) is 58.9 Å². The van der Waals surface area contributed by atoms with Crippen molar-refractivity contribution in [3.63, 3.8) is 0 Å². The van der Waals surface area contributed by atoms with Crippen molar-refractivity contribution in [2.75, 3.05) is 52.6 Å². The maximum atomic E-state index is 13.5. The third-order valence-electron chi connectivity index (χ3n) is 23.0. The van der Waals surface area contributed by atoms with Crippen LogP contribution < -0.4 is 31.8 Å². The maximum absolute atomic E-state index is 13.5. The predicted octanol–water partition coefficient (Wildman–Crippen LogP) is 21.7. The molecule has 8 aromatic carbocycles. The summed E-state index contributed by atoms with van der Waals surface area (Å²) in [5.74, 6) is 0. The van der Waals surface area contributed by atoms with Gasteiger partial charge in [-0.1, -0.05) is 253 Å². The van der Waals surface area contributed by atoms with E-state index < -0.39 is 49.0 Å². The van der Waals surface area contributed by atoms with Gasteiger partial charge in [0.2, 0.25) is 0 Å². The van der Waals surface area contributed by atoms with E-state index in [4.69, 9.17) is 37.8 Å². The number of pyridine rings is 2. The molecule has 0 N–H and O–H groups in total. The first kappa shape index (κ1) is 102. The van der Waals surface area contributed by atoms with Crippen LogP contribution in [-0.4, -0.2) is 147 Å². The second kappa shape index (κ2) is 47.6. The van der Waals surface area contributed by atoms with Crippen molar-refractivity contribution in [3.8, 4) is 22.3 Å². The Kier molecular flexibility index (Phi) is 37.2. The average Bonchev–Trinajstić information content (AvgIpc) is 1.61. The monoisotopic (exact) mass is 2030 g/mol. The Morgan fingerprint density at radius 3 is 1.08 bits per heavy atom. The van der Waals surface area contributed by atoms with Gasteiger partial charge >= 0.3 is 55.2 Å². The summed E-state index contributed by atoms with van der Waals surface area (Å²) in [6.07, 6.45) is 21.8. The summed E-state index contributed by atoms with van der Waals surface area (Å²) < 4.78 is 133. The summed E-state index contributed by atoms with van der Waals surface area (Å²) in [4.78, 5) is 14.1. The van der Waals surface area contributed by atoms with Crippen LogP contribution in [0.15, 0.2) is 336 Å². The fraction of sp³-hybridized carbons (Fsp3) is 0.273. The number of alkyl halides is 4. The second-order valence-electron chi connectivity index (χ2n) is 31.4. The van der Waals surface area contributed by atoms with Crippen LogP contribution in [0.4, 0.5) is 17.6 Å². The zero-order valence-electron chi connectivity index (χ0n) is 70.2. The number of benzene rings is 8. The van der Waals surface area contributed by atoms with Gasteiger partial charge in [0.1, 0.15) is 0 Å². The van der Waals surface area contributed by atoms with Gasteiger partial charge in [0, 0.05) is 113 Å². The van der Waals surface area contributed by atoms with E-state index in [0.717, 1.165) is 104 Å². The third-order valence-corrected chi connectivity index (χ3v) is 31.6. The quantitative estimate of drug-likeness (QED) is 0.0449. The number of hydrogen-bond acceptors (Lipinski definition) is 14. The first-order valence-corrected chi connectivity index (χ1v) is 51.9. The minimum Gasteiger partial charge on any atom is -0.0622 e. The number of fused-ring (bicyclic) bond motifs is 2. The van der Waals surface area contributed by atoms with Crippen LogP contribution in [0, 0.1) is 0 Å². The molecule has 3 fully saturated rings. The number of nitrogens with zero attached hydrogens (tertiary/aromatic N) is 10. The SMILES string of the molecule is C.C.C.CC1(C)OB(C2=CCC(N3CCOCC3)CC2)OC1(C)C.O=S(=O)(c1ccccc1)n1cc(-c2cnn(C(F)F)c2)c2cc(Br)cnc21.O=S(=O)(c1ccccc1)n1cc(-c2cnn(C(F)F)c2)c2cc(C3=CCC(N4CCOCC4)CC3)cnc21.[Cl][Pd][Cl].c1ccc(P(c2ccccc2)c2ccccc2)cc1.c1ccc(P(c2ccccc2)c2ccccc2)cc1. The molecule has 686 valence electrons. The standard InChI is InChI=1S/C27H27F2N5O3S.2C18H15P.C17H11BrF2N4O2S.C16H28BNO3.3CH4.2ClH.Pd/c28-27(29)33-17-21(16-31-33)25-18-34(38(35,36)23-4-2-1-3-5-23)26-24(25)14-20(15-30-26)19-6-8-22(9-7-19)32-10-12-37-13-11-32;2*1-4-10-16(11-5-1)19(17-12-6-2-7-13-17)18-14-8-3-9-15-18;18-12-6-14-15(11-7-22-23(9-11)17(19)20)10-24(16(14)21-8-12)27(25,26)13-4-2-1-3-5-13;1-15(2)16(3,4)21-17(20-15)13-5-7-14(8-6-13)18-9-11-19-12-10-18;;;;;;/h1-6,14-18,22,27H,7-13H2;2*1-15H;1-10,17H;5,14H,6-12H2,1-4H3;3*1H4;2*1H;/q;;;;;;;;;;+2/p-2. The van der Waals surface area contributed by atoms with Gasteiger partial charge in [0.15, 0.2) is 11.3 Å². The van der Waals surface area contributed by atoms with E-state index in [2.05, 4.69) is 268 Å². The molecule has 2 unspecified atom stereocenters. The van der Waals surface area contributed by atoms with Crippen molar-refractivity contribution in [1.82, 2.24) is 47.3 Å². The fourth-order valence-electron chi connectivity index (χ4n) is 15.8. The van der Waals surface area contributed by atoms with Gasteiger partial charge in [-0.15, -0.1) is 0 Å². The van der Waals surface area contributed by atoms with Gasteiger partial charge in [-0.3, -0.25) is 9.80 Å². The molecule has 2 aliphatic carbocycles. The van der Waals surface area contributed by atoms with Crippen LogP contribution in [0.25, 0.3) is 49.9 Å². The number of hydrogen-bond donors (Lipinski definition) is 0. The Morgan fingerprint density at radius 1 is 0.446 bits per heavy atom. The number of morpholine rings is 2. The molecule has 0 radical (unpaired) electrons.